The number of aromatic carboxylic acids is 1. The Morgan fingerprint density at radius 1 is 0.967 bits per heavy atom. The maximum atomic E-state index is 10.9. The van der Waals surface area contributed by atoms with Crippen molar-refractivity contribution in [1.29, 1.82) is 0 Å². The van der Waals surface area contributed by atoms with Crippen molar-refractivity contribution in [2.75, 3.05) is 7.11 Å². The third-order valence-electron chi connectivity index (χ3n) is 4.43. The summed E-state index contributed by atoms with van der Waals surface area (Å²) < 4.78 is 11.3. The van der Waals surface area contributed by atoms with E-state index in [1.807, 2.05) is 54.6 Å². The average molecular weight is 448 g/mol. The topological polar surface area (TPSA) is 67.8 Å². The van der Waals surface area contributed by atoms with Gasteiger partial charge in [0.15, 0.2) is 11.5 Å². The SMILES string of the molecule is COc1cc(CNCc2ccc(C(=O)O)cc2)ccc1OCc1ccccc1Cl.Cl. The van der Waals surface area contributed by atoms with Crippen molar-refractivity contribution in [2.45, 2.75) is 19.7 Å². The molecule has 0 fully saturated rings. The third-order valence-corrected chi connectivity index (χ3v) is 4.80. The summed E-state index contributed by atoms with van der Waals surface area (Å²) in [6.07, 6.45) is 0. The van der Waals surface area contributed by atoms with Crippen molar-refractivity contribution in [1.82, 2.24) is 5.32 Å². The van der Waals surface area contributed by atoms with Crippen LogP contribution in [0.3, 0.4) is 0 Å². The van der Waals surface area contributed by atoms with Crippen molar-refractivity contribution < 1.29 is 19.4 Å². The van der Waals surface area contributed by atoms with Crippen LogP contribution < -0.4 is 14.8 Å². The van der Waals surface area contributed by atoms with Gasteiger partial charge < -0.3 is 19.9 Å². The van der Waals surface area contributed by atoms with Gasteiger partial charge in [-0.3, -0.25) is 0 Å². The van der Waals surface area contributed by atoms with Gasteiger partial charge in [-0.25, -0.2) is 4.79 Å². The van der Waals surface area contributed by atoms with Crippen LogP contribution in [0.15, 0.2) is 66.7 Å². The molecule has 0 aliphatic carbocycles. The number of ether oxygens (including phenoxy) is 2. The second-order valence-electron chi connectivity index (χ2n) is 6.47. The smallest absolute Gasteiger partial charge is 0.335 e. The third kappa shape index (κ3) is 6.39. The van der Waals surface area contributed by atoms with Crippen molar-refractivity contribution >= 4 is 30.0 Å². The molecule has 0 unspecified atom stereocenters. The largest absolute Gasteiger partial charge is 0.493 e. The number of carboxylic acid groups (broad SMARTS) is 1. The Hall–Kier alpha value is -2.73. The zero-order chi connectivity index (χ0) is 20.6. The molecule has 7 heteroatoms. The van der Waals surface area contributed by atoms with Gasteiger partial charge in [-0.05, 0) is 41.5 Å². The number of hydrogen-bond acceptors (Lipinski definition) is 4. The minimum atomic E-state index is -0.923. The van der Waals surface area contributed by atoms with Crippen LogP contribution in [0.4, 0.5) is 0 Å². The summed E-state index contributed by atoms with van der Waals surface area (Å²) in [5.74, 6) is 0.385. The fourth-order valence-corrected chi connectivity index (χ4v) is 3.02. The van der Waals surface area contributed by atoms with Crippen LogP contribution in [0.2, 0.25) is 5.02 Å². The fraction of sp³-hybridized carbons (Fsp3) is 0.174. The van der Waals surface area contributed by atoms with Crippen molar-refractivity contribution in [3.05, 3.63) is 94.0 Å². The Morgan fingerprint density at radius 3 is 2.30 bits per heavy atom. The van der Waals surface area contributed by atoms with Gasteiger partial charge >= 0.3 is 5.97 Å². The standard InChI is InChI=1S/C23H22ClNO4.ClH/c1-28-22-12-17(14-25-13-16-6-9-18(10-7-16)23(26)27)8-11-21(22)29-15-19-4-2-3-5-20(19)24;/h2-12,25H,13-15H2,1H3,(H,26,27);1H. The lowest BCUT2D eigenvalue weighted by atomic mass is 10.1. The molecule has 0 saturated heterocycles. The maximum Gasteiger partial charge on any atom is 0.335 e. The Labute approximate surface area is 187 Å². The molecule has 5 nitrogen and oxygen atoms in total. The van der Waals surface area contributed by atoms with E-state index in [0.29, 0.717) is 36.2 Å². The molecule has 3 aromatic carbocycles. The molecule has 3 aromatic rings. The van der Waals surface area contributed by atoms with Gasteiger partial charge in [0.2, 0.25) is 0 Å². The lowest BCUT2D eigenvalue weighted by Crippen LogP contribution is -2.13. The predicted molar refractivity (Wildman–Crippen MR) is 120 cm³/mol. The molecule has 0 atom stereocenters. The predicted octanol–water partition coefficient (Wildman–Crippen LogP) is 5.34. The molecular formula is C23H23Cl2NO4. The van der Waals surface area contributed by atoms with Crippen LogP contribution in [-0.2, 0) is 19.7 Å². The molecule has 2 N–H and O–H groups in total. The van der Waals surface area contributed by atoms with Crippen LogP contribution in [0, 0.1) is 0 Å². The maximum absolute atomic E-state index is 10.9. The minimum absolute atomic E-state index is 0. The van der Waals surface area contributed by atoms with Crippen molar-refractivity contribution in [3.63, 3.8) is 0 Å². The first-order valence-corrected chi connectivity index (χ1v) is 9.50. The first-order chi connectivity index (χ1) is 14.1. The molecular weight excluding hydrogens is 425 g/mol. The van der Waals surface area contributed by atoms with E-state index in [4.69, 9.17) is 26.2 Å². The van der Waals surface area contributed by atoms with Gasteiger partial charge in [-0.15, -0.1) is 12.4 Å². The molecule has 0 bridgehead atoms. The van der Waals surface area contributed by atoms with Gasteiger partial charge in [-0.1, -0.05) is 48.0 Å². The van der Waals surface area contributed by atoms with Crippen molar-refractivity contribution in [2.24, 2.45) is 0 Å². The van der Waals surface area contributed by atoms with E-state index >= 15 is 0 Å². The molecule has 3 rings (SSSR count). The summed E-state index contributed by atoms with van der Waals surface area (Å²) in [6.45, 7) is 1.63. The summed E-state index contributed by atoms with van der Waals surface area (Å²) in [4.78, 5) is 10.9. The Kier molecular flexibility index (Phi) is 8.99. The number of carboxylic acids is 1. The van der Waals surface area contributed by atoms with Gasteiger partial charge in [-0.2, -0.15) is 0 Å². The molecule has 0 amide bonds. The number of nitrogens with one attached hydrogen (secondary N) is 1. The van der Waals surface area contributed by atoms with E-state index < -0.39 is 5.97 Å². The highest BCUT2D eigenvalue weighted by Crippen LogP contribution is 2.29. The zero-order valence-electron chi connectivity index (χ0n) is 16.4. The van der Waals surface area contributed by atoms with Gasteiger partial charge in [0.1, 0.15) is 6.61 Å². The summed E-state index contributed by atoms with van der Waals surface area (Å²) in [6, 6.07) is 20.2. The highest BCUT2D eigenvalue weighted by atomic mass is 35.5. The van der Waals surface area contributed by atoms with E-state index in [0.717, 1.165) is 16.7 Å². The summed E-state index contributed by atoms with van der Waals surface area (Å²) in [7, 11) is 1.61. The van der Waals surface area contributed by atoms with Gasteiger partial charge in [0.05, 0.1) is 12.7 Å². The van der Waals surface area contributed by atoms with Crippen molar-refractivity contribution in [3.8, 4) is 11.5 Å². The lowest BCUT2D eigenvalue weighted by molar-refractivity contribution is 0.0697. The number of hydrogen-bond donors (Lipinski definition) is 2. The molecule has 0 spiro atoms. The quantitative estimate of drug-likeness (QED) is 0.463. The first kappa shape index (κ1) is 23.5. The van der Waals surface area contributed by atoms with Gasteiger partial charge in [0, 0.05) is 23.7 Å². The molecule has 0 aliphatic rings. The first-order valence-electron chi connectivity index (χ1n) is 9.13. The lowest BCUT2D eigenvalue weighted by Gasteiger charge is -2.13. The highest BCUT2D eigenvalue weighted by molar-refractivity contribution is 6.31. The van der Waals surface area contributed by atoms with E-state index in [1.54, 1.807) is 19.2 Å². The van der Waals surface area contributed by atoms with E-state index in [-0.39, 0.29) is 18.0 Å². The van der Waals surface area contributed by atoms with Crippen LogP contribution in [0.25, 0.3) is 0 Å². The molecule has 0 saturated carbocycles. The van der Waals surface area contributed by atoms with E-state index in [2.05, 4.69) is 5.32 Å². The van der Waals surface area contributed by atoms with E-state index in [1.165, 1.54) is 0 Å². The molecule has 0 heterocycles. The van der Waals surface area contributed by atoms with Crippen LogP contribution in [-0.4, -0.2) is 18.2 Å². The Morgan fingerprint density at radius 2 is 1.63 bits per heavy atom. The number of halogens is 2. The fourth-order valence-electron chi connectivity index (χ4n) is 2.83. The summed E-state index contributed by atoms with van der Waals surface area (Å²) in [5.41, 5.74) is 3.26. The van der Waals surface area contributed by atoms with Gasteiger partial charge in [0.25, 0.3) is 0 Å². The zero-order valence-corrected chi connectivity index (χ0v) is 18.0. The number of benzene rings is 3. The minimum Gasteiger partial charge on any atom is -0.493 e. The molecule has 0 aliphatic heterocycles. The van der Waals surface area contributed by atoms with Crippen LogP contribution >= 0.6 is 24.0 Å². The van der Waals surface area contributed by atoms with Crippen LogP contribution in [0.5, 0.6) is 11.5 Å². The van der Waals surface area contributed by atoms with Crippen LogP contribution in [0.1, 0.15) is 27.0 Å². The number of carbonyl (C=O) groups is 1. The molecule has 30 heavy (non-hydrogen) atoms. The highest BCUT2D eigenvalue weighted by Gasteiger charge is 2.08. The monoisotopic (exact) mass is 447 g/mol. The molecule has 0 radical (unpaired) electrons. The molecule has 0 aromatic heterocycles. The number of methoxy groups -OCH3 is 1. The average Bonchev–Trinajstić information content (AvgIpc) is 2.74. The summed E-state index contributed by atoms with van der Waals surface area (Å²) in [5, 5.41) is 13.0. The van der Waals surface area contributed by atoms with E-state index in [9.17, 15) is 4.79 Å². The summed E-state index contributed by atoms with van der Waals surface area (Å²) >= 11 is 6.17. The second-order valence-corrected chi connectivity index (χ2v) is 6.88. The second kappa shape index (κ2) is 11.5. The molecule has 158 valence electrons. The Bertz CT molecular complexity index is 977. The normalized spacial score (nSPS) is 10.2. The number of rotatable bonds is 9. The Balaban J connectivity index is 0.00000320.